The molecule has 0 spiro atoms. The van der Waals surface area contributed by atoms with Crippen molar-refractivity contribution in [1.82, 2.24) is 0 Å². The van der Waals surface area contributed by atoms with E-state index in [-0.39, 0.29) is 5.91 Å². The van der Waals surface area contributed by atoms with Crippen LogP contribution in [0.25, 0.3) is 0 Å². The van der Waals surface area contributed by atoms with Crippen molar-refractivity contribution in [3.05, 3.63) is 55.4 Å². The molecule has 0 bridgehead atoms. The van der Waals surface area contributed by atoms with Crippen LogP contribution in [-0.2, 0) is 0 Å². The first kappa shape index (κ1) is 15.5. The van der Waals surface area contributed by atoms with E-state index in [1.54, 1.807) is 25.3 Å². The molecule has 0 radical (unpaired) electrons. The highest BCUT2D eigenvalue weighted by atomic mass is 79.9. The van der Waals surface area contributed by atoms with Gasteiger partial charge in [-0.25, -0.2) is 0 Å². The van der Waals surface area contributed by atoms with E-state index in [9.17, 15) is 4.79 Å². The summed E-state index contributed by atoms with van der Waals surface area (Å²) < 4.78 is 7.46. The minimum atomic E-state index is -0.219. The van der Waals surface area contributed by atoms with Gasteiger partial charge in [0.25, 0.3) is 5.91 Å². The van der Waals surface area contributed by atoms with Crippen molar-refractivity contribution < 1.29 is 9.53 Å². The standard InChI is InChI=1S/C14H10Br3NO2/c1-20-8-5-6-10(15)9(7-8)14(19)18-13-11(16)3-2-4-12(13)17/h2-7H,1H3,(H,18,19). The highest BCUT2D eigenvalue weighted by molar-refractivity contribution is 9.11. The second-order valence-electron chi connectivity index (χ2n) is 3.90. The van der Waals surface area contributed by atoms with Crippen molar-refractivity contribution in [1.29, 1.82) is 0 Å². The zero-order valence-corrected chi connectivity index (χ0v) is 15.2. The number of anilines is 1. The summed E-state index contributed by atoms with van der Waals surface area (Å²) in [5.74, 6) is 0.410. The fraction of sp³-hybridized carbons (Fsp3) is 0.0714. The van der Waals surface area contributed by atoms with Crippen LogP contribution in [0.15, 0.2) is 49.8 Å². The van der Waals surface area contributed by atoms with E-state index in [1.165, 1.54) is 0 Å². The number of halogens is 3. The summed E-state index contributed by atoms with van der Waals surface area (Å²) >= 11 is 10.2. The van der Waals surface area contributed by atoms with Gasteiger partial charge in [-0.05, 0) is 78.1 Å². The molecule has 3 nitrogen and oxygen atoms in total. The molecule has 6 heteroatoms. The molecule has 0 saturated carbocycles. The van der Waals surface area contributed by atoms with Crippen molar-refractivity contribution in [2.45, 2.75) is 0 Å². The van der Waals surface area contributed by atoms with E-state index in [2.05, 4.69) is 53.1 Å². The first-order valence-electron chi connectivity index (χ1n) is 5.62. The molecule has 0 heterocycles. The Morgan fingerprint density at radius 2 is 1.70 bits per heavy atom. The molecule has 0 aliphatic rings. The number of carbonyl (C=O) groups excluding carboxylic acids is 1. The predicted molar refractivity (Wildman–Crippen MR) is 90.5 cm³/mol. The molecule has 0 aliphatic carbocycles. The summed E-state index contributed by atoms with van der Waals surface area (Å²) in [4.78, 5) is 12.4. The molecule has 0 saturated heterocycles. The molecular weight excluding hydrogens is 454 g/mol. The van der Waals surface area contributed by atoms with Crippen molar-refractivity contribution >= 4 is 59.4 Å². The highest BCUT2D eigenvalue weighted by Crippen LogP contribution is 2.32. The minimum absolute atomic E-state index is 0.219. The topological polar surface area (TPSA) is 38.3 Å². The van der Waals surface area contributed by atoms with Crippen molar-refractivity contribution in [3.63, 3.8) is 0 Å². The fourth-order valence-corrected chi connectivity index (χ4v) is 3.23. The van der Waals surface area contributed by atoms with E-state index in [4.69, 9.17) is 4.74 Å². The van der Waals surface area contributed by atoms with Crippen molar-refractivity contribution in [2.24, 2.45) is 0 Å². The van der Waals surface area contributed by atoms with Crippen LogP contribution in [0.5, 0.6) is 5.75 Å². The Bertz CT molecular complexity index is 639. The summed E-state index contributed by atoms with van der Waals surface area (Å²) in [6, 6.07) is 10.9. The number of hydrogen-bond donors (Lipinski definition) is 1. The molecule has 1 N–H and O–H groups in total. The smallest absolute Gasteiger partial charge is 0.257 e. The van der Waals surface area contributed by atoms with Gasteiger partial charge in [-0.1, -0.05) is 6.07 Å². The summed E-state index contributed by atoms with van der Waals surface area (Å²) in [6.07, 6.45) is 0. The Kier molecular flexibility index (Phi) is 5.23. The van der Waals surface area contributed by atoms with E-state index >= 15 is 0 Å². The average Bonchev–Trinajstić information content (AvgIpc) is 2.43. The van der Waals surface area contributed by atoms with Crippen LogP contribution in [0.1, 0.15) is 10.4 Å². The zero-order valence-electron chi connectivity index (χ0n) is 10.4. The van der Waals surface area contributed by atoms with Crippen LogP contribution in [0.4, 0.5) is 5.69 Å². The average molecular weight is 464 g/mol. The molecule has 2 aromatic rings. The molecule has 20 heavy (non-hydrogen) atoms. The maximum atomic E-state index is 12.4. The third-order valence-electron chi connectivity index (χ3n) is 2.62. The number of amides is 1. The molecule has 104 valence electrons. The van der Waals surface area contributed by atoms with Gasteiger partial charge in [0.1, 0.15) is 5.75 Å². The second kappa shape index (κ2) is 6.74. The number of methoxy groups -OCH3 is 1. The number of ether oxygens (including phenoxy) is 1. The third kappa shape index (κ3) is 3.42. The van der Waals surface area contributed by atoms with E-state index in [1.807, 2.05) is 18.2 Å². The van der Waals surface area contributed by atoms with Gasteiger partial charge in [-0.3, -0.25) is 4.79 Å². The van der Waals surface area contributed by atoms with Crippen LogP contribution in [0, 0.1) is 0 Å². The fourth-order valence-electron chi connectivity index (χ4n) is 1.60. The molecule has 0 aromatic heterocycles. The highest BCUT2D eigenvalue weighted by Gasteiger charge is 2.14. The maximum Gasteiger partial charge on any atom is 0.257 e. The van der Waals surface area contributed by atoms with Crippen LogP contribution in [0.3, 0.4) is 0 Å². The lowest BCUT2D eigenvalue weighted by Crippen LogP contribution is -2.13. The Morgan fingerprint density at radius 1 is 1.05 bits per heavy atom. The Labute approximate surface area is 142 Å². The predicted octanol–water partition coefficient (Wildman–Crippen LogP) is 5.24. The van der Waals surface area contributed by atoms with E-state index < -0.39 is 0 Å². The summed E-state index contributed by atoms with van der Waals surface area (Å²) in [7, 11) is 1.56. The normalized spacial score (nSPS) is 10.2. The van der Waals surface area contributed by atoms with Crippen LogP contribution >= 0.6 is 47.8 Å². The van der Waals surface area contributed by atoms with Gasteiger partial charge in [-0.2, -0.15) is 0 Å². The van der Waals surface area contributed by atoms with Gasteiger partial charge in [0, 0.05) is 13.4 Å². The summed E-state index contributed by atoms with van der Waals surface area (Å²) in [5, 5.41) is 2.87. The second-order valence-corrected chi connectivity index (χ2v) is 6.46. The van der Waals surface area contributed by atoms with Crippen LogP contribution in [-0.4, -0.2) is 13.0 Å². The first-order chi connectivity index (χ1) is 9.52. The van der Waals surface area contributed by atoms with Gasteiger partial charge in [-0.15, -0.1) is 0 Å². The SMILES string of the molecule is COc1ccc(Br)c(C(=O)Nc2c(Br)cccc2Br)c1. The zero-order chi connectivity index (χ0) is 14.7. The molecule has 0 fully saturated rings. The van der Waals surface area contributed by atoms with Gasteiger partial charge in [0.15, 0.2) is 0 Å². The Balaban J connectivity index is 2.33. The molecule has 0 atom stereocenters. The number of hydrogen-bond acceptors (Lipinski definition) is 2. The van der Waals surface area contributed by atoms with Gasteiger partial charge >= 0.3 is 0 Å². The van der Waals surface area contributed by atoms with E-state index in [0.29, 0.717) is 21.5 Å². The summed E-state index contributed by atoms with van der Waals surface area (Å²) in [5.41, 5.74) is 1.19. The van der Waals surface area contributed by atoms with E-state index in [0.717, 1.165) is 8.95 Å². The minimum Gasteiger partial charge on any atom is -0.497 e. The molecule has 0 unspecified atom stereocenters. The Hall–Kier alpha value is -0.850. The molecule has 1 amide bonds. The molecule has 0 aliphatic heterocycles. The quantitative estimate of drug-likeness (QED) is 0.676. The summed E-state index contributed by atoms with van der Waals surface area (Å²) in [6.45, 7) is 0. The molecular formula is C14H10Br3NO2. The maximum absolute atomic E-state index is 12.4. The number of para-hydroxylation sites is 1. The van der Waals surface area contributed by atoms with Gasteiger partial charge < -0.3 is 10.1 Å². The lowest BCUT2D eigenvalue weighted by atomic mass is 10.2. The van der Waals surface area contributed by atoms with Crippen molar-refractivity contribution in [2.75, 3.05) is 12.4 Å². The largest absolute Gasteiger partial charge is 0.497 e. The first-order valence-corrected chi connectivity index (χ1v) is 7.99. The monoisotopic (exact) mass is 461 g/mol. The molecule has 2 aromatic carbocycles. The number of benzene rings is 2. The van der Waals surface area contributed by atoms with Crippen LogP contribution in [0.2, 0.25) is 0 Å². The molecule has 2 rings (SSSR count). The lowest BCUT2D eigenvalue weighted by molar-refractivity contribution is 0.102. The number of rotatable bonds is 3. The number of carbonyl (C=O) groups is 1. The van der Waals surface area contributed by atoms with Crippen molar-refractivity contribution in [3.8, 4) is 5.75 Å². The van der Waals surface area contributed by atoms with Gasteiger partial charge in [0.2, 0.25) is 0 Å². The lowest BCUT2D eigenvalue weighted by Gasteiger charge is -2.11. The van der Waals surface area contributed by atoms with Crippen LogP contribution < -0.4 is 10.1 Å². The third-order valence-corrected chi connectivity index (χ3v) is 4.63. The van der Waals surface area contributed by atoms with Gasteiger partial charge in [0.05, 0.1) is 18.4 Å². The Morgan fingerprint density at radius 3 is 2.30 bits per heavy atom. The number of nitrogens with one attached hydrogen (secondary N) is 1.